The summed E-state index contributed by atoms with van der Waals surface area (Å²) >= 11 is 0. The van der Waals surface area contributed by atoms with E-state index in [2.05, 4.69) is 0 Å². The normalized spacial score (nSPS) is 27.1. The van der Waals surface area contributed by atoms with Crippen molar-refractivity contribution in [2.45, 2.75) is 11.3 Å². The first-order valence-electron chi connectivity index (χ1n) is 4.84. The Morgan fingerprint density at radius 3 is 2.56 bits per heavy atom. The summed E-state index contributed by atoms with van der Waals surface area (Å²) in [5.41, 5.74) is 0.730. The lowest BCUT2D eigenvalue weighted by Gasteiger charge is -2.20. The average Bonchev–Trinajstić information content (AvgIpc) is 2.61. The van der Waals surface area contributed by atoms with Gasteiger partial charge in [-0.3, -0.25) is 4.84 Å². The van der Waals surface area contributed by atoms with Crippen molar-refractivity contribution in [2.24, 2.45) is 0 Å². The highest BCUT2D eigenvalue weighted by Gasteiger charge is 2.43. The molecule has 2 atom stereocenters. The minimum absolute atomic E-state index is 0.144. The summed E-state index contributed by atoms with van der Waals surface area (Å²) in [6.45, 7) is -0.144. The zero-order valence-electron chi connectivity index (χ0n) is 8.71. The van der Waals surface area contributed by atoms with Crippen LogP contribution >= 0.6 is 0 Å². The first kappa shape index (κ1) is 11.5. The Bertz CT molecular complexity index is 462. The molecule has 0 amide bonds. The minimum Gasteiger partial charge on any atom is -0.297 e. The predicted molar refractivity (Wildman–Crippen MR) is 56.7 cm³/mol. The molecule has 1 heterocycles. The summed E-state index contributed by atoms with van der Waals surface area (Å²) in [4.78, 5) is 5.07. The monoisotopic (exact) mass is 245 g/mol. The van der Waals surface area contributed by atoms with E-state index >= 15 is 0 Å². The molecule has 1 aromatic carbocycles. The second-order valence-corrected chi connectivity index (χ2v) is 5.27. The van der Waals surface area contributed by atoms with Gasteiger partial charge in [-0.2, -0.15) is 13.5 Å². The van der Waals surface area contributed by atoms with E-state index in [0.717, 1.165) is 5.56 Å². The van der Waals surface area contributed by atoms with Crippen LogP contribution in [0.2, 0.25) is 0 Å². The molecule has 2 unspecified atom stereocenters. The van der Waals surface area contributed by atoms with Crippen molar-refractivity contribution in [1.29, 1.82) is 0 Å². The zero-order chi connectivity index (χ0) is 11.8. The van der Waals surface area contributed by atoms with Gasteiger partial charge in [-0.25, -0.2) is 0 Å². The molecule has 1 aliphatic rings. The molecule has 1 fully saturated rings. The lowest BCUT2D eigenvalue weighted by atomic mass is 10.0. The molecule has 4 nitrogen and oxygen atoms in total. The molecular weight excluding hydrogens is 233 g/mol. The number of benzene rings is 1. The lowest BCUT2D eigenvalue weighted by molar-refractivity contribution is -0.110. The topological polar surface area (TPSA) is 46.6 Å². The van der Waals surface area contributed by atoms with E-state index in [4.69, 9.17) is 4.84 Å². The van der Waals surface area contributed by atoms with Gasteiger partial charge in [0.1, 0.15) is 5.25 Å². The summed E-state index contributed by atoms with van der Waals surface area (Å²) in [7, 11) is -3.00. The van der Waals surface area contributed by atoms with Crippen LogP contribution in [0.3, 0.4) is 0 Å². The molecule has 1 aromatic rings. The van der Waals surface area contributed by atoms with Crippen LogP contribution in [0.1, 0.15) is 11.6 Å². The molecule has 0 spiro atoms. The summed E-state index contributed by atoms with van der Waals surface area (Å²) in [6.07, 6.45) is 0. The van der Waals surface area contributed by atoms with Crippen LogP contribution in [0.5, 0.6) is 0 Å². The SMILES string of the molecule is CN1OCC(S(=O)(=O)F)C1c1ccccc1. The smallest absolute Gasteiger partial charge is 0.297 e. The third kappa shape index (κ3) is 2.09. The van der Waals surface area contributed by atoms with Crippen molar-refractivity contribution < 1.29 is 17.1 Å². The quantitative estimate of drug-likeness (QED) is 0.736. The molecule has 88 valence electrons. The lowest BCUT2D eigenvalue weighted by Crippen LogP contribution is -2.28. The van der Waals surface area contributed by atoms with E-state index in [-0.39, 0.29) is 6.61 Å². The minimum atomic E-state index is -4.60. The number of hydroxylamine groups is 2. The Morgan fingerprint density at radius 2 is 2.00 bits per heavy atom. The largest absolute Gasteiger partial charge is 0.309 e. The molecule has 6 heteroatoms. The molecule has 1 aliphatic heterocycles. The van der Waals surface area contributed by atoms with E-state index < -0.39 is 21.5 Å². The van der Waals surface area contributed by atoms with E-state index in [1.54, 1.807) is 31.3 Å². The van der Waals surface area contributed by atoms with Gasteiger partial charge in [0.15, 0.2) is 0 Å². The van der Waals surface area contributed by atoms with E-state index in [1.807, 2.05) is 6.07 Å². The van der Waals surface area contributed by atoms with Gasteiger partial charge in [-0.05, 0) is 5.56 Å². The Hall–Kier alpha value is -0.980. The van der Waals surface area contributed by atoms with Crippen LogP contribution in [0.25, 0.3) is 0 Å². The Kier molecular flexibility index (Phi) is 2.96. The second-order valence-electron chi connectivity index (χ2n) is 3.71. The molecule has 0 aliphatic carbocycles. The zero-order valence-corrected chi connectivity index (χ0v) is 9.52. The summed E-state index contributed by atoms with van der Waals surface area (Å²) in [6, 6.07) is 8.31. The van der Waals surface area contributed by atoms with Crippen molar-refractivity contribution in [1.82, 2.24) is 5.06 Å². The molecule has 0 bridgehead atoms. The number of hydrogen-bond acceptors (Lipinski definition) is 4. The van der Waals surface area contributed by atoms with E-state index in [1.165, 1.54) is 5.06 Å². The van der Waals surface area contributed by atoms with Gasteiger partial charge in [0.2, 0.25) is 0 Å². The number of nitrogens with zero attached hydrogens (tertiary/aromatic N) is 1. The molecule has 0 radical (unpaired) electrons. The first-order chi connectivity index (χ1) is 7.50. The maximum atomic E-state index is 13.1. The summed E-state index contributed by atoms with van der Waals surface area (Å²) < 4.78 is 35.0. The standard InChI is InChI=1S/C10H12FNO3S/c1-12-10(8-5-3-2-4-6-8)9(7-15-12)16(11,13)14/h2-6,9-10H,7H2,1H3. The molecular formula is C10H12FNO3S. The van der Waals surface area contributed by atoms with Crippen molar-refractivity contribution in [3.8, 4) is 0 Å². The molecule has 2 rings (SSSR count). The fraction of sp³-hybridized carbons (Fsp3) is 0.400. The molecule has 1 saturated heterocycles. The van der Waals surface area contributed by atoms with Crippen LogP contribution in [-0.4, -0.2) is 32.4 Å². The molecule has 0 N–H and O–H groups in total. The van der Waals surface area contributed by atoms with E-state index in [0.29, 0.717) is 0 Å². The number of halogens is 1. The molecule has 0 saturated carbocycles. The van der Waals surface area contributed by atoms with Crippen LogP contribution in [0, 0.1) is 0 Å². The van der Waals surface area contributed by atoms with Crippen molar-refractivity contribution in [2.75, 3.05) is 13.7 Å². The fourth-order valence-electron chi connectivity index (χ4n) is 1.91. The molecule has 16 heavy (non-hydrogen) atoms. The average molecular weight is 245 g/mol. The second kappa shape index (κ2) is 4.12. The Balaban J connectivity index is 2.38. The maximum Gasteiger partial charge on any atom is 0.309 e. The first-order valence-corrected chi connectivity index (χ1v) is 6.29. The van der Waals surface area contributed by atoms with Crippen LogP contribution < -0.4 is 0 Å². The van der Waals surface area contributed by atoms with Crippen LogP contribution in [0.15, 0.2) is 30.3 Å². The number of rotatable bonds is 2. The van der Waals surface area contributed by atoms with E-state index in [9.17, 15) is 12.3 Å². The third-order valence-corrected chi connectivity index (χ3v) is 3.81. The number of hydrogen-bond donors (Lipinski definition) is 0. The van der Waals surface area contributed by atoms with Gasteiger partial charge in [0.25, 0.3) is 0 Å². The highest BCUT2D eigenvalue weighted by Crippen LogP contribution is 2.33. The van der Waals surface area contributed by atoms with Crippen molar-refractivity contribution in [3.05, 3.63) is 35.9 Å². The van der Waals surface area contributed by atoms with Gasteiger partial charge in [0, 0.05) is 7.05 Å². The van der Waals surface area contributed by atoms with Crippen molar-refractivity contribution >= 4 is 10.2 Å². The summed E-state index contributed by atoms with van der Waals surface area (Å²) in [5, 5.41) is 0.233. The van der Waals surface area contributed by atoms with Gasteiger partial charge >= 0.3 is 10.2 Å². The van der Waals surface area contributed by atoms with Crippen LogP contribution in [0.4, 0.5) is 3.89 Å². The summed E-state index contributed by atoms with van der Waals surface area (Å²) in [5.74, 6) is 0. The maximum absolute atomic E-state index is 13.1. The van der Waals surface area contributed by atoms with Gasteiger partial charge in [-0.1, -0.05) is 30.3 Å². The van der Waals surface area contributed by atoms with Crippen LogP contribution in [-0.2, 0) is 15.1 Å². The Morgan fingerprint density at radius 1 is 1.38 bits per heavy atom. The highest BCUT2D eigenvalue weighted by atomic mass is 32.3. The predicted octanol–water partition coefficient (Wildman–Crippen LogP) is 1.27. The van der Waals surface area contributed by atoms with Gasteiger partial charge in [-0.15, -0.1) is 3.89 Å². The third-order valence-electron chi connectivity index (χ3n) is 2.69. The van der Waals surface area contributed by atoms with Crippen molar-refractivity contribution in [3.63, 3.8) is 0 Å². The fourth-order valence-corrected chi connectivity index (χ4v) is 2.77. The Labute approximate surface area is 93.8 Å². The van der Waals surface area contributed by atoms with Gasteiger partial charge in [0.05, 0.1) is 12.6 Å². The van der Waals surface area contributed by atoms with Gasteiger partial charge < -0.3 is 0 Å². The molecule has 0 aromatic heterocycles. The highest BCUT2D eigenvalue weighted by molar-refractivity contribution is 7.87.